The van der Waals surface area contributed by atoms with E-state index in [1.807, 2.05) is 24.3 Å². The van der Waals surface area contributed by atoms with Crippen LogP contribution in [0.15, 0.2) is 200 Å². The summed E-state index contributed by atoms with van der Waals surface area (Å²) in [6.07, 6.45) is 0. The molecule has 0 saturated carbocycles. The smallest absolute Gasteiger partial charge is 0.160 e. The van der Waals surface area contributed by atoms with E-state index in [0.29, 0.717) is 5.82 Å². The van der Waals surface area contributed by atoms with Crippen LogP contribution in [-0.4, -0.2) is 14.5 Å². The molecule has 0 saturated heterocycles. The molecule has 3 heteroatoms. The average Bonchev–Trinajstić information content (AvgIpc) is 3.57. The summed E-state index contributed by atoms with van der Waals surface area (Å²) in [6.45, 7) is 0. The Morgan fingerprint density at radius 3 is 1.34 bits per heavy atom. The van der Waals surface area contributed by atoms with Crippen LogP contribution < -0.4 is 0 Å². The van der Waals surface area contributed by atoms with E-state index in [1.54, 1.807) is 0 Å². The Hall–Kier alpha value is -7.10. The molecule has 53 heavy (non-hydrogen) atoms. The highest BCUT2D eigenvalue weighted by Gasteiger charge is 2.19. The molecule has 8 aromatic carbocycles. The third-order valence-electron chi connectivity index (χ3n) is 10.2. The van der Waals surface area contributed by atoms with Crippen LogP contribution >= 0.6 is 0 Å². The van der Waals surface area contributed by atoms with E-state index in [-0.39, 0.29) is 0 Å². The fourth-order valence-corrected chi connectivity index (χ4v) is 7.66. The van der Waals surface area contributed by atoms with E-state index in [1.165, 1.54) is 44.1 Å². The molecule has 10 rings (SSSR count). The van der Waals surface area contributed by atoms with Crippen LogP contribution in [0.5, 0.6) is 0 Å². The number of rotatable bonds is 6. The van der Waals surface area contributed by atoms with Gasteiger partial charge in [0.25, 0.3) is 0 Å². The van der Waals surface area contributed by atoms with Crippen molar-refractivity contribution >= 4 is 32.6 Å². The summed E-state index contributed by atoms with van der Waals surface area (Å²) in [5.74, 6) is 0.709. The zero-order chi connectivity index (χ0) is 35.1. The van der Waals surface area contributed by atoms with E-state index in [4.69, 9.17) is 9.97 Å². The second kappa shape index (κ2) is 12.9. The minimum Gasteiger partial charge on any atom is -0.309 e. The fourth-order valence-electron chi connectivity index (χ4n) is 7.66. The van der Waals surface area contributed by atoms with Crippen molar-refractivity contribution in [2.24, 2.45) is 0 Å². The molecule has 2 aromatic heterocycles. The van der Waals surface area contributed by atoms with Crippen LogP contribution in [0.1, 0.15) is 0 Å². The lowest BCUT2D eigenvalue weighted by Gasteiger charge is -2.16. The van der Waals surface area contributed by atoms with Gasteiger partial charge in [-0.15, -0.1) is 0 Å². The van der Waals surface area contributed by atoms with Gasteiger partial charge in [0.2, 0.25) is 0 Å². The van der Waals surface area contributed by atoms with Crippen molar-refractivity contribution in [1.82, 2.24) is 14.5 Å². The van der Waals surface area contributed by atoms with Gasteiger partial charge >= 0.3 is 0 Å². The largest absolute Gasteiger partial charge is 0.309 e. The average molecular weight is 676 g/mol. The van der Waals surface area contributed by atoms with Crippen LogP contribution in [-0.2, 0) is 0 Å². The van der Waals surface area contributed by atoms with Gasteiger partial charge < -0.3 is 4.57 Å². The Morgan fingerprint density at radius 1 is 0.302 bits per heavy atom. The topological polar surface area (TPSA) is 30.7 Å². The van der Waals surface area contributed by atoms with Gasteiger partial charge in [0.05, 0.1) is 28.1 Å². The van der Waals surface area contributed by atoms with Crippen molar-refractivity contribution in [2.45, 2.75) is 0 Å². The first-order valence-corrected chi connectivity index (χ1v) is 18.0. The molecule has 0 atom stereocenters. The van der Waals surface area contributed by atoms with Gasteiger partial charge in [-0.2, -0.15) is 0 Å². The zero-order valence-corrected chi connectivity index (χ0v) is 28.9. The summed E-state index contributed by atoms with van der Waals surface area (Å²) in [6, 6.07) is 71.0. The number of fused-ring (bicyclic) bond motifs is 4. The lowest BCUT2D eigenvalue weighted by Crippen LogP contribution is -1.99. The molecule has 0 aliphatic carbocycles. The summed E-state index contributed by atoms with van der Waals surface area (Å²) in [5, 5.41) is 4.74. The molecule has 0 unspecified atom stereocenters. The third-order valence-corrected chi connectivity index (χ3v) is 10.2. The van der Waals surface area contributed by atoms with Crippen LogP contribution in [0.2, 0.25) is 0 Å². The number of nitrogens with zero attached hydrogens (tertiary/aromatic N) is 3. The fraction of sp³-hybridized carbons (Fsp3) is 0. The van der Waals surface area contributed by atoms with E-state index in [0.717, 1.165) is 44.5 Å². The minimum atomic E-state index is 0.709. The maximum absolute atomic E-state index is 5.20. The Labute approximate surface area is 308 Å². The summed E-state index contributed by atoms with van der Waals surface area (Å²) >= 11 is 0. The lowest BCUT2D eigenvalue weighted by molar-refractivity contribution is 1.18. The summed E-state index contributed by atoms with van der Waals surface area (Å²) in [4.78, 5) is 10.2. The molecular formula is C50H33N3. The Kier molecular flexibility index (Phi) is 7.47. The van der Waals surface area contributed by atoms with Gasteiger partial charge in [-0.05, 0) is 64.0 Å². The van der Waals surface area contributed by atoms with Crippen LogP contribution in [0.3, 0.4) is 0 Å². The monoisotopic (exact) mass is 675 g/mol. The number of aromatic nitrogens is 3. The van der Waals surface area contributed by atoms with E-state index in [9.17, 15) is 0 Å². The molecule has 0 bridgehead atoms. The molecule has 10 aromatic rings. The second-order valence-corrected chi connectivity index (χ2v) is 13.4. The molecule has 0 radical (unpaired) electrons. The van der Waals surface area contributed by atoms with Crippen LogP contribution in [0, 0.1) is 0 Å². The molecule has 0 N–H and O–H groups in total. The first-order chi connectivity index (χ1) is 26.3. The predicted molar refractivity (Wildman–Crippen MR) is 221 cm³/mol. The third kappa shape index (κ3) is 5.47. The van der Waals surface area contributed by atoms with Crippen molar-refractivity contribution in [3.05, 3.63) is 200 Å². The van der Waals surface area contributed by atoms with E-state index < -0.39 is 0 Å². The van der Waals surface area contributed by atoms with Gasteiger partial charge in [0.1, 0.15) is 0 Å². The quantitative estimate of drug-likeness (QED) is 0.176. The van der Waals surface area contributed by atoms with Crippen molar-refractivity contribution in [3.63, 3.8) is 0 Å². The summed E-state index contributed by atoms with van der Waals surface area (Å²) < 4.78 is 2.44. The van der Waals surface area contributed by atoms with Gasteiger partial charge in [-0.25, -0.2) is 9.97 Å². The highest BCUT2D eigenvalue weighted by molar-refractivity contribution is 6.13. The van der Waals surface area contributed by atoms with Gasteiger partial charge in [0, 0.05) is 32.8 Å². The molecular weight excluding hydrogens is 643 g/mol. The van der Waals surface area contributed by atoms with Crippen molar-refractivity contribution < 1.29 is 0 Å². The first kappa shape index (κ1) is 30.7. The van der Waals surface area contributed by atoms with Crippen molar-refractivity contribution in [1.29, 1.82) is 0 Å². The number of hydrogen-bond acceptors (Lipinski definition) is 2. The van der Waals surface area contributed by atoms with Crippen molar-refractivity contribution in [2.75, 3.05) is 0 Å². The zero-order valence-electron chi connectivity index (χ0n) is 28.9. The molecule has 0 amide bonds. The van der Waals surface area contributed by atoms with Crippen LogP contribution in [0.25, 0.3) is 94.4 Å². The summed E-state index contributed by atoms with van der Waals surface area (Å²) in [7, 11) is 0. The van der Waals surface area contributed by atoms with Gasteiger partial charge in [-0.3, -0.25) is 0 Å². The molecule has 2 heterocycles. The highest BCUT2D eigenvalue weighted by Crippen LogP contribution is 2.41. The van der Waals surface area contributed by atoms with E-state index in [2.05, 4.69) is 180 Å². The molecule has 0 spiro atoms. The second-order valence-electron chi connectivity index (χ2n) is 13.4. The van der Waals surface area contributed by atoms with Gasteiger partial charge in [-0.1, -0.05) is 164 Å². The maximum atomic E-state index is 5.20. The summed E-state index contributed by atoms with van der Waals surface area (Å²) in [5.41, 5.74) is 13.2. The molecule has 248 valence electrons. The molecule has 0 aliphatic rings. The molecule has 0 aliphatic heterocycles. The minimum absolute atomic E-state index is 0.709. The lowest BCUT2D eigenvalue weighted by atomic mass is 9.98. The molecule has 3 nitrogen and oxygen atoms in total. The number of hydrogen-bond donors (Lipinski definition) is 0. The predicted octanol–water partition coefficient (Wildman–Crippen LogP) is 13.1. The standard InChI is InChI=1S/C50H33N3/c1-5-15-34(16-6-1)38-25-28-48-43(31-38)44-32-39(35-17-7-2-8-18-35)26-29-49(44)53(48)47-30-27-41(40-23-13-14-24-42(40)47)46-33-45(36-19-9-3-10-20-36)51-50(52-46)37-21-11-4-12-22-37/h1-33H. The Balaban J connectivity index is 1.21. The highest BCUT2D eigenvalue weighted by atomic mass is 15.0. The molecule has 0 fully saturated rings. The van der Waals surface area contributed by atoms with E-state index >= 15 is 0 Å². The van der Waals surface area contributed by atoms with Crippen LogP contribution in [0.4, 0.5) is 0 Å². The first-order valence-electron chi connectivity index (χ1n) is 18.0. The Bertz CT molecular complexity index is 2760. The maximum Gasteiger partial charge on any atom is 0.160 e. The number of benzene rings is 8. The van der Waals surface area contributed by atoms with Crippen molar-refractivity contribution in [3.8, 4) is 61.8 Å². The normalized spacial score (nSPS) is 11.4. The Morgan fingerprint density at radius 2 is 0.774 bits per heavy atom. The SMILES string of the molecule is c1ccc(-c2ccc3c(c2)c2cc(-c4ccccc4)ccc2n3-c2ccc(-c3cc(-c4ccccc4)nc(-c4ccccc4)n3)c3ccccc23)cc1. The van der Waals surface area contributed by atoms with Gasteiger partial charge in [0.15, 0.2) is 5.82 Å².